The Labute approximate surface area is 273 Å². The number of hydrogen-bond donors (Lipinski definition) is 0. The third kappa shape index (κ3) is 10.4. The lowest BCUT2D eigenvalue weighted by Crippen LogP contribution is -2.13. The second kappa shape index (κ2) is 16.2. The summed E-state index contributed by atoms with van der Waals surface area (Å²) in [6, 6.07) is 34.1. The smallest absolute Gasteiger partial charge is 0.122 e. The number of rotatable bonds is 19. The third-order valence-corrected chi connectivity index (χ3v) is 8.52. The maximum absolute atomic E-state index is 5.94. The molecule has 2 aliphatic rings. The van der Waals surface area contributed by atoms with E-state index in [4.69, 9.17) is 28.4 Å². The molecule has 0 spiro atoms. The van der Waals surface area contributed by atoms with Crippen LogP contribution < -0.4 is 9.47 Å². The van der Waals surface area contributed by atoms with Crippen LogP contribution >= 0.6 is 0 Å². The maximum Gasteiger partial charge on any atom is 0.122 e. The first-order valence-corrected chi connectivity index (χ1v) is 16.7. The van der Waals surface area contributed by atoms with E-state index in [1.165, 1.54) is 33.4 Å². The van der Waals surface area contributed by atoms with Gasteiger partial charge in [-0.1, -0.05) is 72.8 Å². The second-order valence-corrected chi connectivity index (χ2v) is 12.4. The average Bonchev–Trinajstić information content (AvgIpc) is 4.04. The standard InChI is InChI=1S/C40H46O6/c1-29(43-25-39-27-45-39)3-5-31-7-11-33(12-8-31)35-15-19-37(20-16-35)41-23-24-42-38-21-17-36(18-22-38)34-13-9-32(10-14-34)6-4-30(2)44-26-40-28-46-40/h7-22,29-30,39-40H,3-6,23-28H2,1-2H3. The summed E-state index contributed by atoms with van der Waals surface area (Å²) >= 11 is 0. The van der Waals surface area contributed by atoms with Crippen LogP contribution in [0.4, 0.5) is 0 Å². The van der Waals surface area contributed by atoms with Gasteiger partial charge in [0.1, 0.15) is 36.9 Å². The predicted octanol–water partition coefficient (Wildman–Crippen LogP) is 7.95. The minimum Gasteiger partial charge on any atom is -0.490 e. The highest BCUT2D eigenvalue weighted by Crippen LogP contribution is 2.25. The number of benzene rings is 4. The Hall–Kier alpha value is -3.68. The van der Waals surface area contributed by atoms with E-state index >= 15 is 0 Å². The van der Waals surface area contributed by atoms with E-state index in [-0.39, 0.29) is 12.2 Å². The van der Waals surface area contributed by atoms with Gasteiger partial charge in [0.15, 0.2) is 0 Å². The molecule has 6 rings (SSSR count). The molecule has 0 aliphatic carbocycles. The van der Waals surface area contributed by atoms with Crippen LogP contribution in [0.5, 0.6) is 11.5 Å². The largest absolute Gasteiger partial charge is 0.490 e. The maximum atomic E-state index is 5.94. The van der Waals surface area contributed by atoms with Crippen molar-refractivity contribution in [3.63, 3.8) is 0 Å². The molecule has 2 fully saturated rings. The fourth-order valence-electron chi connectivity index (χ4n) is 5.31. The monoisotopic (exact) mass is 622 g/mol. The molecule has 4 aromatic carbocycles. The first kappa shape index (κ1) is 32.3. The SMILES string of the molecule is CC(CCc1ccc(-c2ccc(OCCOc3ccc(-c4ccc(CCC(C)OCC5CO5)cc4)cc3)cc2)cc1)OCC1CO1. The van der Waals surface area contributed by atoms with Crippen molar-refractivity contribution in [3.8, 4) is 33.8 Å². The van der Waals surface area contributed by atoms with Crippen LogP contribution in [0.25, 0.3) is 22.3 Å². The molecule has 0 aromatic heterocycles. The highest BCUT2D eigenvalue weighted by molar-refractivity contribution is 5.65. The normalized spacial score (nSPS) is 18.1. The van der Waals surface area contributed by atoms with Gasteiger partial charge in [0, 0.05) is 0 Å². The number of hydrogen-bond acceptors (Lipinski definition) is 6. The lowest BCUT2D eigenvalue weighted by Gasteiger charge is -2.12. The lowest BCUT2D eigenvalue weighted by molar-refractivity contribution is 0.0494. The van der Waals surface area contributed by atoms with Gasteiger partial charge in [0.05, 0.1) is 38.6 Å². The Kier molecular flexibility index (Phi) is 11.4. The Bertz CT molecular complexity index is 1340. The van der Waals surface area contributed by atoms with Gasteiger partial charge in [0.25, 0.3) is 0 Å². The van der Waals surface area contributed by atoms with Crippen LogP contribution in [-0.4, -0.2) is 64.1 Å². The molecule has 0 bridgehead atoms. The van der Waals surface area contributed by atoms with Crippen molar-refractivity contribution in [3.05, 3.63) is 108 Å². The van der Waals surface area contributed by atoms with Crippen molar-refractivity contribution in [2.24, 2.45) is 0 Å². The van der Waals surface area contributed by atoms with Crippen molar-refractivity contribution in [1.82, 2.24) is 0 Å². The first-order valence-electron chi connectivity index (χ1n) is 16.7. The van der Waals surface area contributed by atoms with Gasteiger partial charge in [-0.25, -0.2) is 0 Å². The summed E-state index contributed by atoms with van der Waals surface area (Å²) in [5, 5.41) is 0. The topological polar surface area (TPSA) is 62.0 Å². The quantitative estimate of drug-likeness (QED) is 0.0781. The minimum atomic E-state index is 0.245. The summed E-state index contributed by atoms with van der Waals surface area (Å²) in [4.78, 5) is 0. The van der Waals surface area contributed by atoms with Gasteiger partial charge in [0.2, 0.25) is 0 Å². The molecule has 242 valence electrons. The molecule has 46 heavy (non-hydrogen) atoms. The van der Waals surface area contributed by atoms with Gasteiger partial charge >= 0.3 is 0 Å². The van der Waals surface area contributed by atoms with Crippen molar-refractivity contribution in [1.29, 1.82) is 0 Å². The predicted molar refractivity (Wildman–Crippen MR) is 182 cm³/mol. The Balaban J connectivity index is 0.878. The Morgan fingerprint density at radius 1 is 0.522 bits per heavy atom. The molecule has 6 nitrogen and oxygen atoms in total. The summed E-state index contributed by atoms with van der Waals surface area (Å²) in [5.74, 6) is 1.67. The zero-order valence-corrected chi connectivity index (χ0v) is 27.1. The molecular formula is C40H46O6. The van der Waals surface area contributed by atoms with E-state index in [0.717, 1.165) is 50.4 Å². The molecule has 4 unspecified atom stereocenters. The molecule has 0 N–H and O–H groups in total. The van der Waals surface area contributed by atoms with E-state index in [1.807, 2.05) is 24.3 Å². The van der Waals surface area contributed by atoms with Gasteiger partial charge in [-0.05, 0) is 97.2 Å². The number of epoxide rings is 2. The van der Waals surface area contributed by atoms with E-state index in [9.17, 15) is 0 Å². The van der Waals surface area contributed by atoms with E-state index in [2.05, 4.69) is 86.6 Å². The van der Waals surface area contributed by atoms with Crippen molar-refractivity contribution >= 4 is 0 Å². The highest BCUT2D eigenvalue weighted by atomic mass is 16.6. The minimum absolute atomic E-state index is 0.245. The fraction of sp³-hybridized carbons (Fsp3) is 0.400. The molecule has 0 radical (unpaired) electrons. The third-order valence-electron chi connectivity index (χ3n) is 8.52. The van der Waals surface area contributed by atoms with E-state index < -0.39 is 0 Å². The zero-order chi connectivity index (χ0) is 31.6. The van der Waals surface area contributed by atoms with Crippen molar-refractivity contribution < 1.29 is 28.4 Å². The summed E-state index contributed by atoms with van der Waals surface area (Å²) in [7, 11) is 0. The van der Waals surface area contributed by atoms with Gasteiger partial charge in [-0.3, -0.25) is 0 Å². The average molecular weight is 623 g/mol. The van der Waals surface area contributed by atoms with E-state index in [0.29, 0.717) is 38.6 Å². The summed E-state index contributed by atoms with van der Waals surface area (Å²) in [6.07, 6.45) is 5.17. The zero-order valence-electron chi connectivity index (χ0n) is 27.1. The van der Waals surface area contributed by atoms with Gasteiger partial charge < -0.3 is 28.4 Å². The molecule has 4 atom stereocenters. The van der Waals surface area contributed by atoms with E-state index in [1.54, 1.807) is 0 Å². The van der Waals surface area contributed by atoms with Crippen LogP contribution in [0, 0.1) is 0 Å². The van der Waals surface area contributed by atoms with Crippen molar-refractivity contribution in [2.75, 3.05) is 39.6 Å². The van der Waals surface area contributed by atoms with Gasteiger partial charge in [-0.15, -0.1) is 0 Å². The van der Waals surface area contributed by atoms with Crippen LogP contribution in [0.2, 0.25) is 0 Å². The number of aryl methyl sites for hydroxylation is 2. The van der Waals surface area contributed by atoms with Crippen LogP contribution in [0.1, 0.15) is 37.8 Å². The van der Waals surface area contributed by atoms with Crippen molar-refractivity contribution in [2.45, 2.75) is 63.9 Å². The first-order chi connectivity index (χ1) is 22.6. The summed E-state index contributed by atoms with van der Waals surface area (Å²) < 4.78 is 34.0. The summed E-state index contributed by atoms with van der Waals surface area (Å²) in [6.45, 7) is 8.34. The Morgan fingerprint density at radius 3 is 1.17 bits per heavy atom. The molecular weight excluding hydrogens is 576 g/mol. The summed E-state index contributed by atoms with van der Waals surface area (Å²) in [5.41, 5.74) is 7.39. The molecule has 2 aliphatic heterocycles. The van der Waals surface area contributed by atoms with Crippen LogP contribution in [0.3, 0.4) is 0 Å². The Morgan fingerprint density at radius 2 is 0.848 bits per heavy atom. The molecule has 0 amide bonds. The molecule has 0 saturated carbocycles. The number of ether oxygens (including phenoxy) is 6. The van der Waals surface area contributed by atoms with Gasteiger partial charge in [-0.2, -0.15) is 0 Å². The molecule has 4 aromatic rings. The highest BCUT2D eigenvalue weighted by Gasteiger charge is 2.24. The molecule has 2 heterocycles. The lowest BCUT2D eigenvalue weighted by atomic mass is 10.0. The van der Waals surface area contributed by atoms with Crippen LogP contribution in [0.15, 0.2) is 97.1 Å². The van der Waals surface area contributed by atoms with Crippen LogP contribution in [-0.2, 0) is 31.8 Å². The molecule has 6 heteroatoms. The molecule has 2 saturated heterocycles. The fourth-order valence-corrected chi connectivity index (χ4v) is 5.31. The second-order valence-electron chi connectivity index (χ2n) is 12.4.